The van der Waals surface area contributed by atoms with Crippen molar-refractivity contribution in [3.05, 3.63) is 90.0 Å². The standard InChI is InChI=1S/C26H28N2O5S/c1-3-32-22-15-13-21(14-16-22)19(2)27-26(29)25-17-28(23-11-7-8-12-24(23)33-25)34(30,31)18-20-9-5-4-6-10-20/h4-16,19,25H,3,17-18H2,1-2H3,(H,27,29)/t19-,25-/m0/s1. The summed E-state index contributed by atoms with van der Waals surface area (Å²) in [7, 11) is -3.75. The van der Waals surface area contributed by atoms with Gasteiger partial charge in [0.1, 0.15) is 11.5 Å². The molecule has 1 aliphatic heterocycles. The largest absolute Gasteiger partial charge is 0.494 e. The first-order valence-electron chi connectivity index (χ1n) is 11.2. The quantitative estimate of drug-likeness (QED) is 0.526. The summed E-state index contributed by atoms with van der Waals surface area (Å²) in [5.74, 6) is 0.574. The number of sulfonamides is 1. The lowest BCUT2D eigenvalue weighted by atomic mass is 10.1. The fourth-order valence-corrected chi connectivity index (χ4v) is 5.46. The Morgan fingerprint density at radius 2 is 1.74 bits per heavy atom. The van der Waals surface area contributed by atoms with E-state index >= 15 is 0 Å². The van der Waals surface area contributed by atoms with Crippen LogP contribution in [0.4, 0.5) is 5.69 Å². The number of rotatable bonds is 8. The number of para-hydroxylation sites is 2. The molecule has 1 amide bonds. The molecule has 1 heterocycles. The van der Waals surface area contributed by atoms with Crippen LogP contribution in [0.3, 0.4) is 0 Å². The summed E-state index contributed by atoms with van der Waals surface area (Å²) in [6.45, 7) is 4.26. The van der Waals surface area contributed by atoms with E-state index in [2.05, 4.69) is 5.32 Å². The van der Waals surface area contributed by atoms with Gasteiger partial charge in [-0.25, -0.2) is 8.42 Å². The second-order valence-corrected chi connectivity index (χ2v) is 9.97. The van der Waals surface area contributed by atoms with Gasteiger partial charge >= 0.3 is 0 Å². The number of nitrogens with zero attached hydrogens (tertiary/aromatic N) is 1. The number of hydrogen-bond acceptors (Lipinski definition) is 5. The van der Waals surface area contributed by atoms with Gasteiger partial charge in [-0.05, 0) is 49.2 Å². The van der Waals surface area contributed by atoms with Crippen molar-refractivity contribution in [2.24, 2.45) is 0 Å². The Bertz CT molecular complexity index is 1230. The van der Waals surface area contributed by atoms with Gasteiger partial charge in [-0.1, -0.05) is 54.6 Å². The topological polar surface area (TPSA) is 84.9 Å². The van der Waals surface area contributed by atoms with E-state index in [4.69, 9.17) is 9.47 Å². The number of ether oxygens (including phenoxy) is 2. The molecule has 0 saturated heterocycles. The van der Waals surface area contributed by atoms with E-state index in [0.29, 0.717) is 23.6 Å². The maximum atomic E-state index is 13.3. The molecule has 0 bridgehead atoms. The van der Waals surface area contributed by atoms with Gasteiger partial charge in [-0.3, -0.25) is 9.10 Å². The molecule has 0 aliphatic carbocycles. The maximum absolute atomic E-state index is 13.3. The van der Waals surface area contributed by atoms with Crippen molar-refractivity contribution < 1.29 is 22.7 Å². The Morgan fingerprint density at radius 3 is 2.44 bits per heavy atom. The van der Waals surface area contributed by atoms with Crippen LogP contribution in [-0.2, 0) is 20.6 Å². The molecular weight excluding hydrogens is 452 g/mol. The third-order valence-electron chi connectivity index (χ3n) is 5.60. The first-order chi connectivity index (χ1) is 16.4. The summed E-state index contributed by atoms with van der Waals surface area (Å²) in [6.07, 6.45) is -0.981. The Hall–Kier alpha value is -3.52. The van der Waals surface area contributed by atoms with Crippen LogP contribution in [0.25, 0.3) is 0 Å². The van der Waals surface area contributed by atoms with Gasteiger partial charge in [-0.2, -0.15) is 0 Å². The molecule has 0 spiro atoms. The van der Waals surface area contributed by atoms with Crippen LogP contribution in [0, 0.1) is 0 Å². The molecule has 8 heteroatoms. The second kappa shape index (κ2) is 10.2. The van der Waals surface area contributed by atoms with E-state index in [9.17, 15) is 13.2 Å². The van der Waals surface area contributed by atoms with Crippen LogP contribution in [0.1, 0.15) is 31.0 Å². The molecule has 0 saturated carbocycles. The fraction of sp³-hybridized carbons (Fsp3) is 0.269. The highest BCUT2D eigenvalue weighted by Gasteiger charge is 2.37. The minimum absolute atomic E-state index is 0.103. The van der Waals surface area contributed by atoms with Crippen molar-refractivity contribution in [1.29, 1.82) is 0 Å². The van der Waals surface area contributed by atoms with Crippen LogP contribution < -0.4 is 19.1 Å². The zero-order valence-corrected chi connectivity index (χ0v) is 20.0. The predicted octanol–water partition coefficient (Wildman–Crippen LogP) is 4.06. The number of fused-ring (bicyclic) bond motifs is 1. The normalized spacial score (nSPS) is 16.2. The summed E-state index contributed by atoms with van der Waals surface area (Å²) >= 11 is 0. The molecule has 1 aliphatic rings. The molecule has 2 atom stereocenters. The van der Waals surface area contributed by atoms with Crippen molar-refractivity contribution in [2.45, 2.75) is 31.7 Å². The summed E-state index contributed by atoms with van der Waals surface area (Å²) in [4.78, 5) is 13.1. The van der Waals surface area contributed by atoms with E-state index < -0.39 is 16.1 Å². The predicted molar refractivity (Wildman–Crippen MR) is 131 cm³/mol. The van der Waals surface area contributed by atoms with E-state index in [-0.39, 0.29) is 24.2 Å². The molecule has 34 heavy (non-hydrogen) atoms. The second-order valence-electron chi connectivity index (χ2n) is 8.08. The lowest BCUT2D eigenvalue weighted by molar-refractivity contribution is -0.128. The first kappa shape index (κ1) is 23.6. The Labute approximate surface area is 200 Å². The Kier molecular flexibility index (Phi) is 7.07. The van der Waals surface area contributed by atoms with Crippen molar-refractivity contribution in [3.63, 3.8) is 0 Å². The van der Waals surface area contributed by atoms with Crippen LogP contribution in [0.15, 0.2) is 78.9 Å². The molecule has 0 fully saturated rings. The van der Waals surface area contributed by atoms with Gasteiger partial charge in [0, 0.05) is 0 Å². The maximum Gasteiger partial charge on any atom is 0.263 e. The van der Waals surface area contributed by atoms with Crippen LogP contribution in [-0.4, -0.2) is 33.6 Å². The first-order valence-corrected chi connectivity index (χ1v) is 12.8. The number of nitrogens with one attached hydrogen (secondary N) is 1. The van der Waals surface area contributed by atoms with Crippen molar-refractivity contribution in [2.75, 3.05) is 17.5 Å². The lowest BCUT2D eigenvalue weighted by Gasteiger charge is -2.35. The fourth-order valence-electron chi connectivity index (χ4n) is 3.87. The SMILES string of the molecule is CCOc1ccc([C@H](C)NC(=O)[C@@H]2CN(S(=O)(=O)Cc3ccccc3)c3ccccc3O2)cc1. The highest BCUT2D eigenvalue weighted by molar-refractivity contribution is 7.92. The smallest absolute Gasteiger partial charge is 0.263 e. The third kappa shape index (κ3) is 5.34. The number of hydrogen-bond donors (Lipinski definition) is 1. The van der Waals surface area contributed by atoms with Gasteiger partial charge in [-0.15, -0.1) is 0 Å². The molecule has 0 aromatic heterocycles. The molecular formula is C26H28N2O5S. The minimum atomic E-state index is -3.75. The zero-order valence-electron chi connectivity index (χ0n) is 19.2. The Morgan fingerprint density at radius 1 is 1.06 bits per heavy atom. The van der Waals surface area contributed by atoms with E-state index in [0.717, 1.165) is 11.3 Å². The molecule has 0 unspecified atom stereocenters. The van der Waals surface area contributed by atoms with E-state index in [1.807, 2.05) is 44.2 Å². The molecule has 178 valence electrons. The average Bonchev–Trinajstić information content (AvgIpc) is 2.84. The summed E-state index contributed by atoms with van der Waals surface area (Å²) in [5, 5.41) is 2.94. The van der Waals surface area contributed by atoms with Crippen molar-refractivity contribution in [3.8, 4) is 11.5 Å². The average molecular weight is 481 g/mol. The highest BCUT2D eigenvalue weighted by atomic mass is 32.2. The molecule has 1 N–H and O–H groups in total. The molecule has 3 aromatic carbocycles. The van der Waals surface area contributed by atoms with Gasteiger partial charge in [0.2, 0.25) is 10.0 Å². The minimum Gasteiger partial charge on any atom is -0.494 e. The van der Waals surface area contributed by atoms with Gasteiger partial charge in [0.05, 0.1) is 30.6 Å². The molecule has 0 radical (unpaired) electrons. The third-order valence-corrected chi connectivity index (χ3v) is 7.32. The van der Waals surface area contributed by atoms with Crippen molar-refractivity contribution >= 4 is 21.6 Å². The van der Waals surface area contributed by atoms with E-state index in [1.165, 1.54) is 4.31 Å². The number of amides is 1. The van der Waals surface area contributed by atoms with Gasteiger partial charge in [0.25, 0.3) is 5.91 Å². The van der Waals surface area contributed by atoms with Gasteiger partial charge in [0.15, 0.2) is 6.10 Å². The van der Waals surface area contributed by atoms with Crippen LogP contribution in [0.5, 0.6) is 11.5 Å². The van der Waals surface area contributed by atoms with Gasteiger partial charge < -0.3 is 14.8 Å². The zero-order chi connectivity index (χ0) is 24.1. The number of anilines is 1. The number of carbonyl (C=O) groups excluding carboxylic acids is 1. The summed E-state index contributed by atoms with van der Waals surface area (Å²) < 4.78 is 39.4. The number of carbonyl (C=O) groups is 1. The summed E-state index contributed by atoms with van der Waals surface area (Å²) in [5.41, 5.74) is 2.01. The summed E-state index contributed by atoms with van der Waals surface area (Å²) in [6, 6.07) is 23.1. The molecule has 7 nitrogen and oxygen atoms in total. The number of benzene rings is 3. The highest BCUT2D eigenvalue weighted by Crippen LogP contribution is 2.36. The monoisotopic (exact) mass is 480 g/mol. The van der Waals surface area contributed by atoms with Crippen molar-refractivity contribution in [1.82, 2.24) is 5.32 Å². The van der Waals surface area contributed by atoms with E-state index in [1.54, 1.807) is 48.5 Å². The molecule has 3 aromatic rings. The van der Waals surface area contributed by atoms with Crippen LogP contribution >= 0.6 is 0 Å². The van der Waals surface area contributed by atoms with Crippen LogP contribution in [0.2, 0.25) is 0 Å². The lowest BCUT2D eigenvalue weighted by Crippen LogP contribution is -2.51. The Balaban J connectivity index is 1.52. The molecule has 4 rings (SSSR count).